The fourth-order valence-electron chi connectivity index (χ4n) is 3.06. The number of benzene rings is 1. The Bertz CT molecular complexity index is 849. The maximum Gasteiger partial charge on any atom is 0.253 e. The fraction of sp³-hybridized carbons (Fsp3) is 0.263. The minimum atomic E-state index is -0.0452. The van der Waals surface area contributed by atoms with E-state index in [-0.39, 0.29) is 12.0 Å². The van der Waals surface area contributed by atoms with Gasteiger partial charge in [0.15, 0.2) is 0 Å². The van der Waals surface area contributed by atoms with Crippen molar-refractivity contribution < 1.29 is 9.53 Å². The summed E-state index contributed by atoms with van der Waals surface area (Å²) in [7, 11) is 0. The van der Waals surface area contributed by atoms with Gasteiger partial charge in [0, 0.05) is 49.7 Å². The molecule has 4 rings (SSSR count). The number of carbonyl (C=O) groups is 1. The third-order valence-corrected chi connectivity index (χ3v) is 4.39. The zero-order valence-corrected chi connectivity index (χ0v) is 14.2. The van der Waals surface area contributed by atoms with Crippen LogP contribution in [-0.2, 0) is 6.54 Å². The summed E-state index contributed by atoms with van der Waals surface area (Å²) in [5.74, 6) is 0.528. The highest BCUT2D eigenvalue weighted by molar-refractivity contribution is 5.94. The minimum Gasteiger partial charge on any atom is -0.471 e. The number of ether oxygens (including phenoxy) is 1. The number of hydrogen-bond acceptors (Lipinski definition) is 5. The number of nitrogens with zero attached hydrogens (tertiary/aromatic N) is 5. The van der Waals surface area contributed by atoms with Crippen molar-refractivity contribution in [1.82, 2.24) is 24.6 Å². The summed E-state index contributed by atoms with van der Waals surface area (Å²) in [5.41, 5.74) is 1.82. The number of rotatable bonds is 5. The van der Waals surface area contributed by atoms with Gasteiger partial charge in [-0.05, 0) is 23.8 Å². The number of aromatic nitrogens is 4. The first-order valence-corrected chi connectivity index (χ1v) is 8.56. The molecule has 132 valence electrons. The number of imidazole rings is 1. The van der Waals surface area contributed by atoms with Crippen LogP contribution in [-0.4, -0.2) is 49.7 Å². The molecule has 1 saturated heterocycles. The fourth-order valence-corrected chi connectivity index (χ4v) is 3.06. The van der Waals surface area contributed by atoms with Crippen molar-refractivity contribution in [2.75, 3.05) is 13.1 Å². The van der Waals surface area contributed by atoms with Crippen molar-refractivity contribution in [3.8, 4) is 5.88 Å². The monoisotopic (exact) mass is 349 g/mol. The zero-order valence-electron chi connectivity index (χ0n) is 14.2. The van der Waals surface area contributed by atoms with E-state index in [2.05, 4.69) is 15.2 Å². The SMILES string of the molecule is O=C(c1ccc(Cn2ccnc2)cc1)N1CC[C@@H](Oc2cccnn2)C1. The van der Waals surface area contributed by atoms with E-state index in [1.165, 1.54) is 0 Å². The molecule has 7 nitrogen and oxygen atoms in total. The van der Waals surface area contributed by atoms with Crippen LogP contribution < -0.4 is 4.74 Å². The molecule has 1 fully saturated rings. The Morgan fingerprint density at radius 2 is 2.08 bits per heavy atom. The molecule has 3 heterocycles. The molecule has 7 heteroatoms. The molecule has 3 aromatic rings. The molecule has 1 atom stereocenters. The van der Waals surface area contributed by atoms with Gasteiger partial charge >= 0.3 is 0 Å². The van der Waals surface area contributed by atoms with Crippen molar-refractivity contribution in [1.29, 1.82) is 0 Å². The van der Waals surface area contributed by atoms with Gasteiger partial charge in [-0.15, -0.1) is 5.10 Å². The van der Waals surface area contributed by atoms with Gasteiger partial charge in [-0.25, -0.2) is 4.98 Å². The van der Waals surface area contributed by atoms with Gasteiger partial charge < -0.3 is 14.2 Å². The lowest BCUT2D eigenvalue weighted by atomic mass is 10.1. The van der Waals surface area contributed by atoms with Crippen LogP contribution in [0.25, 0.3) is 0 Å². The van der Waals surface area contributed by atoms with Crippen LogP contribution >= 0.6 is 0 Å². The second-order valence-corrected chi connectivity index (χ2v) is 6.27. The summed E-state index contributed by atoms with van der Waals surface area (Å²) in [6.45, 7) is 1.99. The highest BCUT2D eigenvalue weighted by Gasteiger charge is 2.28. The minimum absolute atomic E-state index is 0.0319. The van der Waals surface area contributed by atoms with Crippen LogP contribution in [0.2, 0.25) is 0 Å². The van der Waals surface area contributed by atoms with E-state index in [1.54, 1.807) is 30.9 Å². The molecule has 0 aliphatic carbocycles. The topological polar surface area (TPSA) is 73.1 Å². The summed E-state index contributed by atoms with van der Waals surface area (Å²) < 4.78 is 7.79. The molecule has 0 N–H and O–H groups in total. The van der Waals surface area contributed by atoms with Crippen molar-refractivity contribution in [3.63, 3.8) is 0 Å². The molecule has 1 aliphatic rings. The number of likely N-dealkylation sites (tertiary alicyclic amines) is 1. The maximum absolute atomic E-state index is 12.7. The molecular weight excluding hydrogens is 330 g/mol. The predicted octanol–water partition coefficient (Wildman–Crippen LogP) is 2.01. The molecule has 1 aromatic carbocycles. The van der Waals surface area contributed by atoms with Crippen LogP contribution in [0.4, 0.5) is 0 Å². The van der Waals surface area contributed by atoms with Crippen molar-refractivity contribution >= 4 is 5.91 Å². The third kappa shape index (κ3) is 3.72. The highest BCUT2D eigenvalue weighted by Crippen LogP contribution is 2.18. The predicted molar refractivity (Wildman–Crippen MR) is 94.7 cm³/mol. The van der Waals surface area contributed by atoms with Crippen molar-refractivity contribution in [2.24, 2.45) is 0 Å². The average Bonchev–Trinajstić information content (AvgIpc) is 3.35. The lowest BCUT2D eigenvalue weighted by molar-refractivity contribution is 0.0771. The molecule has 0 spiro atoms. The first-order chi connectivity index (χ1) is 12.8. The average molecular weight is 349 g/mol. The van der Waals surface area contributed by atoms with Crippen LogP contribution in [0.15, 0.2) is 61.3 Å². The second-order valence-electron chi connectivity index (χ2n) is 6.27. The molecule has 2 aromatic heterocycles. The highest BCUT2D eigenvalue weighted by atomic mass is 16.5. The normalized spacial score (nSPS) is 16.6. The van der Waals surface area contributed by atoms with Crippen molar-refractivity contribution in [2.45, 2.75) is 19.1 Å². The van der Waals surface area contributed by atoms with Gasteiger partial charge in [0.05, 0.1) is 12.9 Å². The lowest BCUT2D eigenvalue weighted by Crippen LogP contribution is -2.31. The van der Waals surface area contributed by atoms with Crippen molar-refractivity contribution in [3.05, 3.63) is 72.4 Å². The van der Waals surface area contributed by atoms with Crippen LogP contribution in [0, 0.1) is 0 Å². The van der Waals surface area contributed by atoms with Gasteiger partial charge in [-0.3, -0.25) is 4.79 Å². The second kappa shape index (κ2) is 7.35. The largest absolute Gasteiger partial charge is 0.471 e. The van der Waals surface area contributed by atoms with Crippen LogP contribution in [0.3, 0.4) is 0 Å². The Labute approximate surface area is 151 Å². The van der Waals surface area contributed by atoms with Gasteiger partial charge in [0.25, 0.3) is 5.91 Å². The van der Waals surface area contributed by atoms with E-state index in [1.807, 2.05) is 39.9 Å². The Hall–Kier alpha value is -3.22. The van der Waals surface area contributed by atoms with E-state index in [4.69, 9.17) is 4.74 Å². The Balaban J connectivity index is 1.35. The quantitative estimate of drug-likeness (QED) is 0.704. The molecule has 0 bridgehead atoms. The molecule has 0 unspecified atom stereocenters. The molecule has 26 heavy (non-hydrogen) atoms. The van der Waals surface area contributed by atoms with Crippen LogP contribution in [0.5, 0.6) is 5.88 Å². The van der Waals surface area contributed by atoms with Gasteiger partial charge in [-0.2, -0.15) is 5.10 Å². The molecule has 1 aliphatic heterocycles. The summed E-state index contributed by atoms with van der Waals surface area (Å²) in [4.78, 5) is 18.6. The van der Waals surface area contributed by atoms with E-state index in [0.29, 0.717) is 24.5 Å². The van der Waals surface area contributed by atoms with E-state index in [9.17, 15) is 4.79 Å². The summed E-state index contributed by atoms with van der Waals surface area (Å²) in [5, 5.41) is 7.73. The number of carbonyl (C=O) groups excluding carboxylic acids is 1. The third-order valence-electron chi connectivity index (χ3n) is 4.39. The maximum atomic E-state index is 12.7. The lowest BCUT2D eigenvalue weighted by Gasteiger charge is -2.17. The van der Waals surface area contributed by atoms with E-state index >= 15 is 0 Å². The number of amides is 1. The van der Waals surface area contributed by atoms with Gasteiger partial charge in [0.2, 0.25) is 5.88 Å². The molecule has 1 amide bonds. The van der Waals surface area contributed by atoms with E-state index < -0.39 is 0 Å². The summed E-state index contributed by atoms with van der Waals surface area (Å²) in [6, 6.07) is 11.3. The first-order valence-electron chi connectivity index (χ1n) is 8.56. The molecular formula is C19H19N5O2. The summed E-state index contributed by atoms with van der Waals surface area (Å²) in [6.07, 6.45) is 7.80. The Morgan fingerprint density at radius 1 is 1.19 bits per heavy atom. The Morgan fingerprint density at radius 3 is 2.81 bits per heavy atom. The van der Waals surface area contributed by atoms with Gasteiger partial charge in [-0.1, -0.05) is 12.1 Å². The van der Waals surface area contributed by atoms with E-state index in [0.717, 1.165) is 18.5 Å². The smallest absolute Gasteiger partial charge is 0.253 e. The molecule has 0 saturated carbocycles. The van der Waals surface area contributed by atoms with Gasteiger partial charge in [0.1, 0.15) is 6.10 Å². The van der Waals surface area contributed by atoms with Crippen LogP contribution in [0.1, 0.15) is 22.3 Å². The zero-order chi connectivity index (χ0) is 17.8. The molecule has 0 radical (unpaired) electrons. The first kappa shape index (κ1) is 16.3. The Kier molecular flexibility index (Phi) is 4.59. The standard InChI is InChI=1S/C19H19N5O2/c25-19(16-5-3-15(4-6-16)12-23-11-9-20-14-23)24-10-7-17(13-24)26-18-2-1-8-21-22-18/h1-6,8-9,11,14,17H,7,10,12-13H2/t17-/m1/s1. The summed E-state index contributed by atoms with van der Waals surface area (Å²) >= 11 is 0. The number of hydrogen-bond donors (Lipinski definition) is 0.